The summed E-state index contributed by atoms with van der Waals surface area (Å²) in [5.74, 6) is 0.109. The fourth-order valence-corrected chi connectivity index (χ4v) is 2.86. The molecule has 0 saturated carbocycles. The Morgan fingerprint density at radius 3 is 2.67 bits per heavy atom. The van der Waals surface area contributed by atoms with Crippen LogP contribution in [0.4, 0.5) is 0 Å². The van der Waals surface area contributed by atoms with E-state index in [0.29, 0.717) is 25.6 Å². The molecular formula is C15H26N4O2. The molecule has 2 saturated heterocycles. The maximum absolute atomic E-state index is 12.0. The third kappa shape index (κ3) is 5.27. The van der Waals surface area contributed by atoms with Crippen molar-refractivity contribution >= 4 is 5.91 Å². The molecule has 6 nitrogen and oxygen atoms in total. The average molecular weight is 294 g/mol. The molecule has 0 aromatic carbocycles. The SMILES string of the molecule is CN(CCC#N)C(=O)CN1CCN(CC2CCCO2)CC1. The molecule has 0 aliphatic carbocycles. The molecule has 6 heteroatoms. The normalized spacial score (nSPS) is 23.9. The van der Waals surface area contributed by atoms with E-state index in [9.17, 15) is 4.79 Å². The van der Waals surface area contributed by atoms with Crippen LogP contribution in [0.25, 0.3) is 0 Å². The van der Waals surface area contributed by atoms with E-state index in [1.165, 1.54) is 12.8 Å². The summed E-state index contributed by atoms with van der Waals surface area (Å²) in [6.45, 7) is 6.82. The van der Waals surface area contributed by atoms with Crippen LogP contribution in [0.2, 0.25) is 0 Å². The molecule has 2 aliphatic rings. The number of hydrogen-bond donors (Lipinski definition) is 0. The first-order chi connectivity index (χ1) is 10.2. The quantitative estimate of drug-likeness (QED) is 0.698. The van der Waals surface area contributed by atoms with Gasteiger partial charge in [-0.2, -0.15) is 5.26 Å². The number of amides is 1. The Morgan fingerprint density at radius 1 is 1.33 bits per heavy atom. The highest BCUT2D eigenvalue weighted by Gasteiger charge is 2.24. The van der Waals surface area contributed by atoms with E-state index in [4.69, 9.17) is 10.00 Å². The molecule has 1 atom stereocenters. The first-order valence-corrected chi connectivity index (χ1v) is 7.86. The summed E-state index contributed by atoms with van der Waals surface area (Å²) >= 11 is 0. The predicted molar refractivity (Wildman–Crippen MR) is 79.7 cm³/mol. The second kappa shape index (κ2) is 8.32. The zero-order valence-electron chi connectivity index (χ0n) is 13.0. The van der Waals surface area contributed by atoms with Gasteiger partial charge in [0.2, 0.25) is 5.91 Å². The summed E-state index contributed by atoms with van der Waals surface area (Å²) in [7, 11) is 1.77. The number of likely N-dealkylation sites (N-methyl/N-ethyl adjacent to an activating group) is 1. The van der Waals surface area contributed by atoms with E-state index in [2.05, 4.69) is 15.9 Å². The molecule has 2 fully saturated rings. The summed E-state index contributed by atoms with van der Waals surface area (Å²) < 4.78 is 5.67. The van der Waals surface area contributed by atoms with Crippen molar-refractivity contribution in [1.29, 1.82) is 5.26 Å². The highest BCUT2D eigenvalue weighted by molar-refractivity contribution is 5.78. The standard InChI is InChI=1S/C15H26N4O2/c1-17(6-3-5-16)15(20)13-19-9-7-18(8-10-19)12-14-4-2-11-21-14/h14H,2-4,6-13H2,1H3. The lowest BCUT2D eigenvalue weighted by Gasteiger charge is -2.35. The summed E-state index contributed by atoms with van der Waals surface area (Å²) in [5.41, 5.74) is 0. The van der Waals surface area contributed by atoms with Crippen molar-refractivity contribution in [2.24, 2.45) is 0 Å². The van der Waals surface area contributed by atoms with E-state index in [0.717, 1.165) is 39.3 Å². The maximum Gasteiger partial charge on any atom is 0.236 e. The predicted octanol–water partition coefficient (Wildman–Crippen LogP) is 0.155. The van der Waals surface area contributed by atoms with Crippen LogP contribution in [0, 0.1) is 11.3 Å². The number of piperazine rings is 1. The van der Waals surface area contributed by atoms with Gasteiger partial charge in [-0.3, -0.25) is 14.6 Å². The number of nitriles is 1. The Labute approximate surface area is 127 Å². The first-order valence-electron chi connectivity index (χ1n) is 7.86. The van der Waals surface area contributed by atoms with E-state index < -0.39 is 0 Å². The van der Waals surface area contributed by atoms with Crippen LogP contribution in [-0.4, -0.2) is 86.2 Å². The number of hydrogen-bond acceptors (Lipinski definition) is 5. The summed E-state index contributed by atoms with van der Waals surface area (Å²) in [6, 6.07) is 2.07. The van der Waals surface area contributed by atoms with Gasteiger partial charge in [-0.1, -0.05) is 0 Å². The molecule has 2 rings (SSSR count). The Balaban J connectivity index is 1.64. The van der Waals surface area contributed by atoms with Crippen molar-refractivity contribution in [3.63, 3.8) is 0 Å². The van der Waals surface area contributed by atoms with Gasteiger partial charge in [-0.15, -0.1) is 0 Å². The van der Waals surface area contributed by atoms with Gasteiger partial charge in [0.15, 0.2) is 0 Å². The van der Waals surface area contributed by atoms with Gasteiger partial charge in [-0.05, 0) is 12.8 Å². The second-order valence-corrected chi connectivity index (χ2v) is 5.94. The smallest absolute Gasteiger partial charge is 0.236 e. The fraction of sp³-hybridized carbons (Fsp3) is 0.867. The fourth-order valence-electron chi connectivity index (χ4n) is 2.86. The zero-order valence-corrected chi connectivity index (χ0v) is 13.0. The number of carbonyl (C=O) groups is 1. The molecule has 0 aromatic heterocycles. The lowest BCUT2D eigenvalue weighted by molar-refractivity contribution is -0.131. The van der Waals surface area contributed by atoms with Gasteiger partial charge < -0.3 is 9.64 Å². The van der Waals surface area contributed by atoms with Gasteiger partial charge in [0.25, 0.3) is 0 Å². The van der Waals surface area contributed by atoms with Crippen molar-refractivity contribution in [2.45, 2.75) is 25.4 Å². The van der Waals surface area contributed by atoms with Crippen LogP contribution in [0.3, 0.4) is 0 Å². The molecule has 0 N–H and O–H groups in total. The molecule has 2 heterocycles. The van der Waals surface area contributed by atoms with Crippen LogP contribution in [0.15, 0.2) is 0 Å². The summed E-state index contributed by atoms with van der Waals surface area (Å²) in [4.78, 5) is 18.3. The van der Waals surface area contributed by atoms with Crippen LogP contribution < -0.4 is 0 Å². The van der Waals surface area contributed by atoms with E-state index in [1.807, 2.05) is 0 Å². The van der Waals surface area contributed by atoms with Crippen molar-refractivity contribution < 1.29 is 9.53 Å². The van der Waals surface area contributed by atoms with E-state index >= 15 is 0 Å². The minimum atomic E-state index is 0.109. The van der Waals surface area contributed by atoms with Crippen molar-refractivity contribution in [2.75, 3.05) is 59.5 Å². The van der Waals surface area contributed by atoms with Crippen molar-refractivity contribution in [3.8, 4) is 6.07 Å². The van der Waals surface area contributed by atoms with Crippen LogP contribution in [-0.2, 0) is 9.53 Å². The third-order valence-corrected chi connectivity index (χ3v) is 4.29. The molecule has 0 spiro atoms. The molecule has 118 valence electrons. The zero-order chi connectivity index (χ0) is 15.1. The van der Waals surface area contributed by atoms with Crippen molar-refractivity contribution in [3.05, 3.63) is 0 Å². The second-order valence-electron chi connectivity index (χ2n) is 5.94. The topological polar surface area (TPSA) is 59.8 Å². The minimum Gasteiger partial charge on any atom is -0.377 e. The Hall–Kier alpha value is -1.16. The molecule has 1 amide bonds. The van der Waals surface area contributed by atoms with E-state index in [1.54, 1.807) is 11.9 Å². The summed E-state index contributed by atoms with van der Waals surface area (Å²) in [5, 5.41) is 8.55. The van der Waals surface area contributed by atoms with Crippen molar-refractivity contribution in [1.82, 2.24) is 14.7 Å². The maximum atomic E-state index is 12.0. The molecule has 0 aromatic rings. The average Bonchev–Trinajstić information content (AvgIpc) is 2.99. The highest BCUT2D eigenvalue weighted by atomic mass is 16.5. The van der Waals surface area contributed by atoms with Crippen LogP contribution in [0.5, 0.6) is 0 Å². The lowest BCUT2D eigenvalue weighted by Crippen LogP contribution is -2.51. The molecule has 21 heavy (non-hydrogen) atoms. The van der Waals surface area contributed by atoms with Gasteiger partial charge in [0.05, 0.1) is 25.1 Å². The monoisotopic (exact) mass is 294 g/mol. The first kappa shape index (κ1) is 16.2. The molecule has 0 radical (unpaired) electrons. The Kier molecular flexibility index (Phi) is 6.43. The van der Waals surface area contributed by atoms with Gasteiger partial charge in [0.1, 0.15) is 0 Å². The molecule has 0 bridgehead atoms. The molecular weight excluding hydrogens is 268 g/mol. The number of ether oxygens (including phenoxy) is 1. The van der Waals surface area contributed by atoms with Crippen LogP contribution >= 0.6 is 0 Å². The summed E-state index contributed by atoms with van der Waals surface area (Å²) in [6.07, 6.45) is 3.18. The van der Waals surface area contributed by atoms with Gasteiger partial charge in [0, 0.05) is 52.9 Å². The number of rotatable bonds is 6. The molecule has 1 unspecified atom stereocenters. The third-order valence-electron chi connectivity index (χ3n) is 4.29. The Bertz CT molecular complexity index is 368. The largest absolute Gasteiger partial charge is 0.377 e. The van der Waals surface area contributed by atoms with Gasteiger partial charge >= 0.3 is 0 Å². The Morgan fingerprint density at radius 2 is 2.05 bits per heavy atom. The van der Waals surface area contributed by atoms with E-state index in [-0.39, 0.29) is 5.91 Å². The van der Waals surface area contributed by atoms with Gasteiger partial charge in [-0.25, -0.2) is 0 Å². The number of nitrogens with zero attached hydrogens (tertiary/aromatic N) is 4. The van der Waals surface area contributed by atoms with Crippen LogP contribution in [0.1, 0.15) is 19.3 Å². The highest BCUT2D eigenvalue weighted by Crippen LogP contribution is 2.14. The number of carbonyl (C=O) groups excluding carboxylic acids is 1. The lowest BCUT2D eigenvalue weighted by atomic mass is 10.2. The molecule has 2 aliphatic heterocycles. The minimum absolute atomic E-state index is 0.109.